The fourth-order valence-electron chi connectivity index (χ4n) is 2.38. The van der Waals surface area contributed by atoms with Crippen LogP contribution in [0.3, 0.4) is 0 Å². The molecule has 0 N–H and O–H groups in total. The highest BCUT2D eigenvalue weighted by molar-refractivity contribution is 5.90. The molecule has 1 saturated heterocycles. The summed E-state index contributed by atoms with van der Waals surface area (Å²) in [6.07, 6.45) is 3.03. The van der Waals surface area contributed by atoms with Crippen LogP contribution in [-0.4, -0.2) is 42.4 Å². The minimum absolute atomic E-state index is 0.0852. The van der Waals surface area contributed by atoms with Gasteiger partial charge in [0.25, 0.3) is 0 Å². The molecule has 1 unspecified atom stereocenters. The molecule has 1 atom stereocenters. The van der Waals surface area contributed by atoms with Gasteiger partial charge in [-0.1, -0.05) is 20.8 Å². The van der Waals surface area contributed by atoms with Crippen LogP contribution in [0.4, 0.5) is 0 Å². The van der Waals surface area contributed by atoms with Crippen LogP contribution < -0.4 is 0 Å². The molecular formula is C13H22N2O2. The first-order valence-corrected chi connectivity index (χ1v) is 6.48. The van der Waals surface area contributed by atoms with Crippen LogP contribution in [0.2, 0.25) is 0 Å². The second-order valence-electron chi connectivity index (χ2n) is 5.83. The minimum atomic E-state index is -0.322. The van der Waals surface area contributed by atoms with E-state index < -0.39 is 0 Å². The molecule has 1 amide bonds. The second kappa shape index (κ2) is 4.67. The number of hydrogen-bond donors (Lipinski definition) is 0. The lowest BCUT2D eigenvalue weighted by molar-refractivity contribution is -0.139. The predicted molar refractivity (Wildman–Crippen MR) is 67.1 cm³/mol. The third-order valence-electron chi connectivity index (χ3n) is 3.26. The van der Waals surface area contributed by atoms with Crippen molar-refractivity contribution < 1.29 is 9.53 Å². The molecule has 96 valence electrons. The highest BCUT2D eigenvalue weighted by atomic mass is 16.5. The molecule has 0 bridgehead atoms. The van der Waals surface area contributed by atoms with Crippen LogP contribution in [-0.2, 0) is 9.53 Å². The van der Waals surface area contributed by atoms with E-state index in [9.17, 15) is 4.79 Å². The third kappa shape index (κ3) is 2.61. The van der Waals surface area contributed by atoms with Gasteiger partial charge in [-0.05, 0) is 12.8 Å². The molecule has 2 rings (SSSR count). The first-order valence-electron chi connectivity index (χ1n) is 6.48. The third-order valence-corrected chi connectivity index (χ3v) is 3.26. The van der Waals surface area contributed by atoms with E-state index in [1.807, 2.05) is 25.7 Å². The Morgan fingerprint density at radius 3 is 2.76 bits per heavy atom. The van der Waals surface area contributed by atoms with E-state index >= 15 is 0 Å². The first-order chi connectivity index (χ1) is 8.00. The maximum Gasteiger partial charge on any atom is 0.228 e. The number of likely N-dealkylation sites (tertiary alicyclic amines) is 1. The lowest BCUT2D eigenvalue weighted by atomic mass is 9.94. The number of carbonyl (C=O) groups excluding carboxylic acids is 1. The summed E-state index contributed by atoms with van der Waals surface area (Å²) in [6.45, 7) is 8.32. The average Bonchev–Trinajstić information content (AvgIpc) is 2.76. The fourth-order valence-corrected chi connectivity index (χ4v) is 2.38. The summed E-state index contributed by atoms with van der Waals surface area (Å²) in [5.41, 5.74) is -0.322. The van der Waals surface area contributed by atoms with Gasteiger partial charge in [-0.25, -0.2) is 0 Å². The molecule has 2 heterocycles. The van der Waals surface area contributed by atoms with Crippen molar-refractivity contribution in [2.24, 2.45) is 10.4 Å². The van der Waals surface area contributed by atoms with Crippen molar-refractivity contribution in [2.75, 3.05) is 19.7 Å². The highest BCUT2D eigenvalue weighted by Gasteiger charge is 2.38. The van der Waals surface area contributed by atoms with E-state index in [0.717, 1.165) is 44.9 Å². The number of aliphatic imine (C=N–C) groups is 1. The van der Waals surface area contributed by atoms with Crippen molar-refractivity contribution in [2.45, 2.75) is 46.1 Å². The number of rotatable bonds is 1. The Kier molecular flexibility index (Phi) is 3.40. The van der Waals surface area contributed by atoms with Gasteiger partial charge in [0, 0.05) is 24.9 Å². The number of hydrogen-bond acceptors (Lipinski definition) is 3. The van der Waals surface area contributed by atoms with Crippen molar-refractivity contribution in [3.05, 3.63) is 0 Å². The summed E-state index contributed by atoms with van der Waals surface area (Å²) in [6, 6.07) is 0.0852. The number of carbonyl (C=O) groups is 1. The quantitative estimate of drug-likeness (QED) is 0.699. The molecule has 4 heteroatoms. The zero-order chi connectivity index (χ0) is 12.5. The lowest BCUT2D eigenvalue weighted by Crippen LogP contribution is -2.46. The maximum absolute atomic E-state index is 12.3. The fraction of sp³-hybridized carbons (Fsp3) is 0.846. The van der Waals surface area contributed by atoms with Crippen LogP contribution in [0.5, 0.6) is 0 Å². The molecular weight excluding hydrogens is 216 g/mol. The Balaban J connectivity index is 2.12. The van der Waals surface area contributed by atoms with Gasteiger partial charge in [-0.2, -0.15) is 0 Å². The van der Waals surface area contributed by atoms with Crippen molar-refractivity contribution >= 4 is 11.8 Å². The number of ether oxygens (including phenoxy) is 1. The number of nitrogens with zero attached hydrogens (tertiary/aromatic N) is 2. The molecule has 2 aliphatic rings. The van der Waals surface area contributed by atoms with Crippen LogP contribution in [0.15, 0.2) is 4.99 Å². The summed E-state index contributed by atoms with van der Waals surface area (Å²) in [5.74, 6) is 0.989. The molecule has 4 nitrogen and oxygen atoms in total. The van der Waals surface area contributed by atoms with Gasteiger partial charge in [-0.3, -0.25) is 9.79 Å². The van der Waals surface area contributed by atoms with E-state index in [1.54, 1.807) is 0 Å². The molecule has 0 aromatic rings. The largest absolute Gasteiger partial charge is 0.479 e. The van der Waals surface area contributed by atoms with E-state index in [0.29, 0.717) is 0 Å². The standard InChI is InChI=1S/C13H22N2O2/c1-13(2,3)12(16)15-8-4-6-10(15)11-14-7-5-9-17-11/h10H,4-9H2,1-3H3. The summed E-state index contributed by atoms with van der Waals surface area (Å²) < 4.78 is 5.61. The normalized spacial score (nSPS) is 25.5. The molecule has 0 aromatic carbocycles. The Bertz CT molecular complexity index is 331. The van der Waals surface area contributed by atoms with Crippen molar-refractivity contribution in [3.63, 3.8) is 0 Å². The molecule has 1 fully saturated rings. The topological polar surface area (TPSA) is 41.9 Å². The van der Waals surface area contributed by atoms with Crippen LogP contribution in [0.25, 0.3) is 0 Å². The van der Waals surface area contributed by atoms with E-state index in [1.165, 1.54) is 0 Å². The van der Waals surface area contributed by atoms with Gasteiger partial charge in [0.05, 0.1) is 6.61 Å². The SMILES string of the molecule is CC(C)(C)C(=O)N1CCCC1C1=NCCCO1. The van der Waals surface area contributed by atoms with E-state index in [4.69, 9.17) is 4.74 Å². The second-order valence-corrected chi connectivity index (χ2v) is 5.83. The molecule has 0 aromatic heterocycles. The Morgan fingerprint density at radius 2 is 2.18 bits per heavy atom. The smallest absolute Gasteiger partial charge is 0.228 e. The predicted octanol–water partition coefficient (Wildman–Crippen LogP) is 1.84. The molecule has 0 spiro atoms. The van der Waals surface area contributed by atoms with Crippen molar-refractivity contribution in [1.82, 2.24) is 4.90 Å². The van der Waals surface area contributed by atoms with Gasteiger partial charge < -0.3 is 9.64 Å². The summed E-state index contributed by atoms with van der Waals surface area (Å²) >= 11 is 0. The molecule has 0 saturated carbocycles. The van der Waals surface area contributed by atoms with Gasteiger partial charge in [0.15, 0.2) is 0 Å². The summed E-state index contributed by atoms with van der Waals surface area (Å²) in [5, 5.41) is 0. The van der Waals surface area contributed by atoms with Crippen molar-refractivity contribution in [3.8, 4) is 0 Å². The zero-order valence-corrected chi connectivity index (χ0v) is 11.0. The average molecular weight is 238 g/mol. The monoisotopic (exact) mass is 238 g/mol. The molecule has 2 aliphatic heterocycles. The van der Waals surface area contributed by atoms with E-state index in [2.05, 4.69) is 4.99 Å². The molecule has 0 aliphatic carbocycles. The highest BCUT2D eigenvalue weighted by Crippen LogP contribution is 2.27. The van der Waals surface area contributed by atoms with Crippen LogP contribution >= 0.6 is 0 Å². The Hall–Kier alpha value is -1.06. The Labute approximate surface area is 103 Å². The zero-order valence-electron chi connectivity index (χ0n) is 11.0. The van der Waals surface area contributed by atoms with Crippen LogP contribution in [0, 0.1) is 5.41 Å². The van der Waals surface area contributed by atoms with Crippen LogP contribution in [0.1, 0.15) is 40.0 Å². The van der Waals surface area contributed by atoms with Gasteiger partial charge in [-0.15, -0.1) is 0 Å². The Morgan fingerprint density at radius 1 is 1.41 bits per heavy atom. The van der Waals surface area contributed by atoms with Gasteiger partial charge in [0.1, 0.15) is 6.04 Å². The number of amides is 1. The molecule has 0 radical (unpaired) electrons. The first kappa shape index (κ1) is 12.4. The van der Waals surface area contributed by atoms with Gasteiger partial charge >= 0.3 is 0 Å². The van der Waals surface area contributed by atoms with E-state index in [-0.39, 0.29) is 17.4 Å². The van der Waals surface area contributed by atoms with Gasteiger partial charge in [0.2, 0.25) is 11.8 Å². The van der Waals surface area contributed by atoms with Crippen molar-refractivity contribution in [1.29, 1.82) is 0 Å². The summed E-state index contributed by atoms with van der Waals surface area (Å²) in [4.78, 5) is 18.7. The summed E-state index contributed by atoms with van der Waals surface area (Å²) in [7, 11) is 0. The maximum atomic E-state index is 12.3. The molecule has 17 heavy (non-hydrogen) atoms. The lowest BCUT2D eigenvalue weighted by Gasteiger charge is -2.32. The minimum Gasteiger partial charge on any atom is -0.479 e.